The normalized spacial score (nSPS) is 12.8. The first kappa shape index (κ1) is 34.3. The van der Waals surface area contributed by atoms with Gasteiger partial charge in [0.25, 0.3) is 0 Å². The lowest BCUT2D eigenvalue weighted by atomic mass is 9.70. The van der Waals surface area contributed by atoms with Crippen LogP contribution < -0.4 is 4.90 Å². The van der Waals surface area contributed by atoms with Gasteiger partial charge >= 0.3 is 0 Å². The fraction of sp³-hybridized carbons (Fsp3) is 0.0169. The molecule has 60 heavy (non-hydrogen) atoms. The molecule has 0 saturated heterocycles. The highest BCUT2D eigenvalue weighted by molar-refractivity contribution is 6.06. The lowest BCUT2D eigenvalue weighted by Crippen LogP contribution is -2.25. The molecule has 0 heterocycles. The summed E-state index contributed by atoms with van der Waals surface area (Å²) in [4.78, 5) is 2.52. The van der Waals surface area contributed by atoms with E-state index in [1.54, 1.807) is 0 Å². The number of fused-ring (bicyclic) bond motifs is 11. The van der Waals surface area contributed by atoms with Crippen molar-refractivity contribution >= 4 is 27.8 Å². The van der Waals surface area contributed by atoms with Gasteiger partial charge in [0.1, 0.15) is 0 Å². The maximum Gasteiger partial charge on any atom is 0.0725 e. The molecular formula is C59H39N. The summed E-state index contributed by atoms with van der Waals surface area (Å²) in [5, 5.41) is 2.40. The predicted molar refractivity (Wildman–Crippen MR) is 251 cm³/mol. The van der Waals surface area contributed by atoms with Crippen molar-refractivity contribution in [2.75, 3.05) is 4.90 Å². The molecule has 0 radical (unpaired) electrons. The second-order valence-electron chi connectivity index (χ2n) is 15.9. The number of benzene rings is 10. The summed E-state index contributed by atoms with van der Waals surface area (Å²) >= 11 is 0. The molecule has 1 nitrogen and oxygen atoms in total. The first-order chi connectivity index (χ1) is 29.8. The minimum atomic E-state index is -0.408. The molecule has 0 bridgehead atoms. The van der Waals surface area contributed by atoms with Crippen LogP contribution in [0.4, 0.5) is 17.1 Å². The summed E-state index contributed by atoms with van der Waals surface area (Å²) < 4.78 is 0. The van der Waals surface area contributed by atoms with Crippen LogP contribution in [0, 0.1) is 0 Å². The SMILES string of the molecule is c1ccc(-c2ccccc2-c2c(-c3ccccc3)cccc2N(c2ccc3c(c2)-c2ccccc2C32c3ccccc3-c3ccccc32)c2cccc3ccccc23)cc1. The molecular weight excluding hydrogens is 723 g/mol. The number of nitrogens with zero attached hydrogens (tertiary/aromatic N) is 1. The highest BCUT2D eigenvalue weighted by Crippen LogP contribution is 2.63. The van der Waals surface area contributed by atoms with Crippen molar-refractivity contribution in [1.29, 1.82) is 0 Å². The Morgan fingerprint density at radius 2 is 0.733 bits per heavy atom. The van der Waals surface area contributed by atoms with E-state index in [2.05, 4.69) is 241 Å². The van der Waals surface area contributed by atoms with E-state index in [9.17, 15) is 0 Å². The lowest BCUT2D eigenvalue weighted by molar-refractivity contribution is 0.794. The minimum Gasteiger partial charge on any atom is -0.309 e. The van der Waals surface area contributed by atoms with Crippen LogP contribution in [-0.2, 0) is 5.41 Å². The van der Waals surface area contributed by atoms with Crippen molar-refractivity contribution in [1.82, 2.24) is 0 Å². The van der Waals surface area contributed by atoms with Crippen molar-refractivity contribution < 1.29 is 0 Å². The van der Waals surface area contributed by atoms with E-state index >= 15 is 0 Å². The van der Waals surface area contributed by atoms with Crippen molar-refractivity contribution in [3.05, 3.63) is 259 Å². The van der Waals surface area contributed by atoms with Gasteiger partial charge in [-0.1, -0.05) is 212 Å². The maximum absolute atomic E-state index is 2.52. The standard InChI is InChI=1S/C59H39N/c1-3-19-40(20-4-1)44-25-9-10-30-50(44)58-46(42-21-5-2-6-22-42)31-18-36-57(58)60(56-35-17-24-41-23-7-8-26-45(41)56)43-37-38-55-51(39-43)49-29-13-16-34-54(49)59(55)52-32-14-11-27-47(52)48-28-12-15-33-53(48)59/h1-39H. The van der Waals surface area contributed by atoms with E-state index in [1.165, 1.54) is 88.7 Å². The molecule has 0 atom stereocenters. The monoisotopic (exact) mass is 761 g/mol. The van der Waals surface area contributed by atoms with Crippen molar-refractivity contribution in [2.24, 2.45) is 0 Å². The zero-order chi connectivity index (χ0) is 39.6. The minimum absolute atomic E-state index is 0.408. The zero-order valence-electron chi connectivity index (χ0n) is 33.0. The molecule has 0 aromatic heterocycles. The predicted octanol–water partition coefficient (Wildman–Crippen LogP) is 15.7. The maximum atomic E-state index is 2.52. The molecule has 0 unspecified atom stereocenters. The van der Waals surface area contributed by atoms with Gasteiger partial charge in [0.15, 0.2) is 0 Å². The molecule has 10 aromatic rings. The first-order valence-electron chi connectivity index (χ1n) is 20.9. The molecule has 10 aromatic carbocycles. The van der Waals surface area contributed by atoms with E-state index in [0.29, 0.717) is 0 Å². The molecule has 2 aliphatic rings. The highest BCUT2D eigenvalue weighted by atomic mass is 15.1. The largest absolute Gasteiger partial charge is 0.309 e. The van der Waals surface area contributed by atoms with Gasteiger partial charge in [-0.25, -0.2) is 0 Å². The van der Waals surface area contributed by atoms with E-state index in [1.807, 2.05) is 0 Å². The van der Waals surface area contributed by atoms with Crippen LogP contribution in [0.15, 0.2) is 237 Å². The van der Waals surface area contributed by atoms with Crippen molar-refractivity contribution in [2.45, 2.75) is 5.41 Å². The highest BCUT2D eigenvalue weighted by Gasteiger charge is 2.51. The Kier molecular flexibility index (Phi) is 7.83. The number of anilines is 3. The van der Waals surface area contributed by atoms with Crippen LogP contribution in [0.25, 0.3) is 66.4 Å². The Morgan fingerprint density at radius 1 is 0.283 bits per heavy atom. The second kappa shape index (κ2) is 13.7. The Labute approximate surface area is 351 Å². The van der Waals surface area contributed by atoms with Gasteiger partial charge in [0, 0.05) is 16.6 Å². The quantitative estimate of drug-likeness (QED) is 0.163. The third-order valence-corrected chi connectivity index (χ3v) is 12.9. The van der Waals surface area contributed by atoms with Gasteiger partial charge in [-0.3, -0.25) is 0 Å². The fourth-order valence-corrected chi connectivity index (χ4v) is 10.5. The van der Waals surface area contributed by atoms with Gasteiger partial charge < -0.3 is 4.90 Å². The molecule has 2 aliphatic carbocycles. The molecule has 12 rings (SSSR count). The van der Waals surface area contributed by atoms with E-state index in [-0.39, 0.29) is 0 Å². The van der Waals surface area contributed by atoms with Gasteiger partial charge in [0.05, 0.1) is 16.8 Å². The Bertz CT molecular complexity index is 3220. The fourth-order valence-electron chi connectivity index (χ4n) is 10.5. The van der Waals surface area contributed by atoms with Crippen molar-refractivity contribution in [3.8, 4) is 55.6 Å². The summed E-state index contributed by atoms with van der Waals surface area (Å²) in [6.45, 7) is 0. The van der Waals surface area contributed by atoms with Crippen molar-refractivity contribution in [3.63, 3.8) is 0 Å². The molecule has 0 amide bonds. The lowest BCUT2D eigenvalue weighted by Gasteiger charge is -2.32. The third kappa shape index (κ3) is 4.99. The number of hydrogen-bond donors (Lipinski definition) is 0. The van der Waals surface area contributed by atoms with E-state index in [4.69, 9.17) is 0 Å². The molecule has 1 heteroatoms. The van der Waals surface area contributed by atoms with Crippen LogP contribution in [0.1, 0.15) is 22.3 Å². The summed E-state index contributed by atoms with van der Waals surface area (Å²) in [7, 11) is 0. The summed E-state index contributed by atoms with van der Waals surface area (Å²) in [5.41, 5.74) is 20.6. The Balaban J connectivity index is 1.17. The number of rotatable bonds is 6. The van der Waals surface area contributed by atoms with Gasteiger partial charge in [-0.05, 0) is 102 Å². The first-order valence-corrected chi connectivity index (χ1v) is 20.9. The summed E-state index contributed by atoms with van der Waals surface area (Å²) in [6.07, 6.45) is 0. The van der Waals surface area contributed by atoms with Crippen LogP contribution in [0.5, 0.6) is 0 Å². The van der Waals surface area contributed by atoms with Gasteiger partial charge in [-0.2, -0.15) is 0 Å². The summed E-state index contributed by atoms with van der Waals surface area (Å²) in [5.74, 6) is 0. The van der Waals surface area contributed by atoms with Crippen LogP contribution in [0.3, 0.4) is 0 Å². The Hall–Kier alpha value is -7.74. The van der Waals surface area contributed by atoms with Gasteiger partial charge in [0.2, 0.25) is 0 Å². The van der Waals surface area contributed by atoms with Gasteiger partial charge in [-0.15, -0.1) is 0 Å². The molecule has 0 N–H and O–H groups in total. The van der Waals surface area contributed by atoms with E-state index in [0.717, 1.165) is 17.1 Å². The second-order valence-corrected chi connectivity index (χ2v) is 15.9. The Morgan fingerprint density at radius 3 is 1.40 bits per heavy atom. The third-order valence-electron chi connectivity index (χ3n) is 12.9. The molecule has 280 valence electrons. The van der Waals surface area contributed by atoms with Crippen LogP contribution in [0.2, 0.25) is 0 Å². The topological polar surface area (TPSA) is 3.24 Å². The van der Waals surface area contributed by atoms with Crippen LogP contribution in [-0.4, -0.2) is 0 Å². The average Bonchev–Trinajstić information content (AvgIpc) is 3.79. The zero-order valence-corrected chi connectivity index (χ0v) is 33.0. The summed E-state index contributed by atoms with van der Waals surface area (Å²) in [6, 6.07) is 87.3. The molecule has 0 fully saturated rings. The average molecular weight is 762 g/mol. The molecule has 0 aliphatic heterocycles. The molecule has 0 saturated carbocycles. The number of hydrogen-bond acceptors (Lipinski definition) is 1. The molecule has 1 spiro atoms. The van der Waals surface area contributed by atoms with E-state index < -0.39 is 5.41 Å². The van der Waals surface area contributed by atoms with Crippen LogP contribution >= 0.6 is 0 Å². The smallest absolute Gasteiger partial charge is 0.0725 e.